The minimum Gasteiger partial charge on any atom is -0.341 e. The predicted octanol–water partition coefficient (Wildman–Crippen LogP) is 1.08. The highest BCUT2D eigenvalue weighted by Crippen LogP contribution is 2.10. The van der Waals surface area contributed by atoms with Crippen LogP contribution in [-0.2, 0) is 0 Å². The van der Waals surface area contributed by atoms with Crippen LogP contribution in [-0.4, -0.2) is 27.0 Å². The molecule has 0 atom stereocenters. The van der Waals surface area contributed by atoms with E-state index in [1.54, 1.807) is 0 Å². The van der Waals surface area contributed by atoms with Crippen molar-refractivity contribution >= 4 is 17.8 Å². The Labute approximate surface area is 107 Å². The van der Waals surface area contributed by atoms with Crippen LogP contribution in [0.4, 0.5) is 5.69 Å². The molecule has 0 unspecified atom stereocenters. The molecular weight excluding hydrogens is 250 g/mol. The van der Waals surface area contributed by atoms with Crippen molar-refractivity contribution in [2.24, 2.45) is 5.10 Å². The molecule has 0 saturated heterocycles. The molecule has 0 fully saturated rings. The molecule has 0 aliphatic rings. The van der Waals surface area contributed by atoms with Gasteiger partial charge < -0.3 is 4.98 Å². The highest BCUT2D eigenvalue weighted by molar-refractivity contribution is 5.92. The van der Waals surface area contributed by atoms with E-state index in [9.17, 15) is 14.9 Å². The van der Waals surface area contributed by atoms with Crippen molar-refractivity contribution in [2.45, 2.75) is 0 Å². The van der Waals surface area contributed by atoms with E-state index in [4.69, 9.17) is 0 Å². The number of imidazole rings is 1. The molecule has 96 valence electrons. The summed E-state index contributed by atoms with van der Waals surface area (Å²) in [5, 5.41) is 14.2. The van der Waals surface area contributed by atoms with Gasteiger partial charge in [-0.3, -0.25) is 14.9 Å². The summed E-state index contributed by atoms with van der Waals surface area (Å²) in [5.74, 6) is -0.421. The number of carbonyl (C=O) groups excluding carboxylic acids is 1. The van der Waals surface area contributed by atoms with Crippen LogP contribution in [0.25, 0.3) is 0 Å². The summed E-state index contributed by atoms with van der Waals surface area (Å²) < 4.78 is 0. The number of amides is 1. The number of benzene rings is 1. The molecule has 8 heteroatoms. The number of hydrogen-bond donors (Lipinski definition) is 2. The minimum absolute atomic E-state index is 0.00125. The molecular formula is C11H9N5O3. The minimum atomic E-state index is -0.485. The molecule has 2 N–H and O–H groups in total. The number of aromatic amines is 1. The number of H-pyrrole nitrogens is 1. The Hall–Kier alpha value is -3.03. The van der Waals surface area contributed by atoms with Crippen LogP contribution >= 0.6 is 0 Å². The Kier molecular flexibility index (Phi) is 3.62. The van der Waals surface area contributed by atoms with Crippen molar-refractivity contribution in [2.75, 3.05) is 0 Å². The smallest absolute Gasteiger partial charge is 0.289 e. The van der Waals surface area contributed by atoms with Gasteiger partial charge >= 0.3 is 0 Å². The van der Waals surface area contributed by atoms with E-state index in [0.29, 0.717) is 11.3 Å². The number of carbonyl (C=O) groups is 1. The zero-order chi connectivity index (χ0) is 13.7. The lowest BCUT2D eigenvalue weighted by Gasteiger charge is -1.96. The van der Waals surface area contributed by atoms with Gasteiger partial charge in [0.1, 0.15) is 5.69 Å². The Bertz CT molecular complexity index is 604. The average molecular weight is 259 g/mol. The van der Waals surface area contributed by atoms with Crippen LogP contribution in [0, 0.1) is 10.1 Å². The summed E-state index contributed by atoms with van der Waals surface area (Å²) in [4.78, 5) is 27.8. The topological polar surface area (TPSA) is 113 Å². The fourth-order valence-electron chi connectivity index (χ4n) is 1.29. The first-order valence-corrected chi connectivity index (χ1v) is 5.23. The molecule has 0 spiro atoms. The van der Waals surface area contributed by atoms with Crippen molar-refractivity contribution in [1.29, 1.82) is 0 Å². The molecule has 8 nitrogen and oxygen atoms in total. The van der Waals surface area contributed by atoms with E-state index >= 15 is 0 Å². The van der Waals surface area contributed by atoms with Gasteiger partial charge in [0.2, 0.25) is 0 Å². The van der Waals surface area contributed by atoms with Crippen LogP contribution in [0.15, 0.2) is 41.9 Å². The van der Waals surface area contributed by atoms with Crippen molar-refractivity contribution in [3.8, 4) is 0 Å². The Balaban J connectivity index is 1.95. The van der Waals surface area contributed by atoms with E-state index in [1.165, 1.54) is 43.0 Å². The Morgan fingerprint density at radius 2 is 2.16 bits per heavy atom. The number of hydrogen-bond acceptors (Lipinski definition) is 5. The lowest BCUT2D eigenvalue weighted by Crippen LogP contribution is -2.17. The third kappa shape index (κ3) is 3.22. The maximum atomic E-state index is 11.5. The quantitative estimate of drug-likeness (QED) is 0.485. The molecule has 19 heavy (non-hydrogen) atoms. The zero-order valence-corrected chi connectivity index (χ0v) is 9.61. The molecule has 1 heterocycles. The van der Waals surface area contributed by atoms with Gasteiger partial charge in [-0.2, -0.15) is 5.10 Å². The van der Waals surface area contributed by atoms with Gasteiger partial charge in [0, 0.05) is 12.1 Å². The number of nitrogens with zero attached hydrogens (tertiary/aromatic N) is 3. The number of nitro benzene ring substituents is 1. The van der Waals surface area contributed by atoms with Crippen molar-refractivity contribution in [1.82, 2.24) is 15.4 Å². The summed E-state index contributed by atoms with van der Waals surface area (Å²) >= 11 is 0. The lowest BCUT2D eigenvalue weighted by atomic mass is 10.2. The van der Waals surface area contributed by atoms with Crippen LogP contribution in [0.5, 0.6) is 0 Å². The van der Waals surface area contributed by atoms with E-state index in [0.717, 1.165) is 0 Å². The van der Waals surface area contributed by atoms with Gasteiger partial charge in [-0.05, 0) is 17.7 Å². The summed E-state index contributed by atoms with van der Waals surface area (Å²) in [6.07, 6.45) is 4.14. The molecule has 0 bridgehead atoms. The second-order valence-electron chi connectivity index (χ2n) is 3.51. The van der Waals surface area contributed by atoms with Gasteiger partial charge in [0.25, 0.3) is 11.6 Å². The van der Waals surface area contributed by atoms with Crippen LogP contribution < -0.4 is 5.43 Å². The summed E-state index contributed by atoms with van der Waals surface area (Å²) in [6.45, 7) is 0. The predicted molar refractivity (Wildman–Crippen MR) is 66.7 cm³/mol. The van der Waals surface area contributed by atoms with Crippen molar-refractivity contribution in [3.63, 3.8) is 0 Å². The first kappa shape index (κ1) is 12.4. The van der Waals surface area contributed by atoms with Gasteiger partial charge in [0.15, 0.2) is 0 Å². The molecule has 0 aliphatic heterocycles. The number of aromatic nitrogens is 2. The van der Waals surface area contributed by atoms with Crippen LogP contribution in [0.3, 0.4) is 0 Å². The maximum absolute atomic E-state index is 11.5. The highest BCUT2D eigenvalue weighted by atomic mass is 16.6. The SMILES string of the molecule is O=C(N/N=C/c1ccc([N+](=O)[O-])cc1)c1cnc[nH]1. The molecule has 0 radical (unpaired) electrons. The van der Waals surface area contributed by atoms with Crippen molar-refractivity contribution < 1.29 is 9.72 Å². The third-order valence-corrected chi connectivity index (χ3v) is 2.23. The van der Waals surface area contributed by atoms with Crippen molar-refractivity contribution in [3.05, 3.63) is 58.2 Å². The highest BCUT2D eigenvalue weighted by Gasteiger charge is 2.04. The van der Waals surface area contributed by atoms with Gasteiger partial charge in [-0.1, -0.05) is 0 Å². The number of nitro groups is 1. The van der Waals surface area contributed by atoms with Crippen LogP contribution in [0.1, 0.15) is 16.1 Å². The van der Waals surface area contributed by atoms with E-state index in [-0.39, 0.29) is 5.69 Å². The Morgan fingerprint density at radius 1 is 1.42 bits per heavy atom. The molecule has 1 amide bonds. The molecule has 2 aromatic rings. The molecule has 0 aliphatic carbocycles. The molecule has 1 aromatic carbocycles. The number of hydrazone groups is 1. The first-order valence-electron chi connectivity index (χ1n) is 5.23. The third-order valence-electron chi connectivity index (χ3n) is 2.23. The number of non-ortho nitro benzene ring substituents is 1. The average Bonchev–Trinajstić information content (AvgIpc) is 2.93. The largest absolute Gasteiger partial charge is 0.341 e. The molecule has 1 aromatic heterocycles. The van der Waals surface area contributed by atoms with E-state index < -0.39 is 10.8 Å². The second-order valence-corrected chi connectivity index (χ2v) is 3.51. The van der Waals surface area contributed by atoms with Gasteiger partial charge in [-0.25, -0.2) is 10.4 Å². The zero-order valence-electron chi connectivity index (χ0n) is 9.61. The normalized spacial score (nSPS) is 10.5. The fourth-order valence-corrected chi connectivity index (χ4v) is 1.29. The molecule has 2 rings (SSSR count). The Morgan fingerprint density at radius 3 is 2.74 bits per heavy atom. The summed E-state index contributed by atoms with van der Waals surface area (Å²) in [6, 6.07) is 5.78. The first-order chi connectivity index (χ1) is 9.16. The van der Waals surface area contributed by atoms with Crippen LogP contribution in [0.2, 0.25) is 0 Å². The lowest BCUT2D eigenvalue weighted by molar-refractivity contribution is -0.384. The number of nitrogens with one attached hydrogen (secondary N) is 2. The maximum Gasteiger partial charge on any atom is 0.289 e. The monoisotopic (exact) mass is 259 g/mol. The van der Waals surface area contributed by atoms with E-state index in [2.05, 4.69) is 20.5 Å². The van der Waals surface area contributed by atoms with E-state index in [1.807, 2.05) is 0 Å². The summed E-state index contributed by atoms with van der Waals surface area (Å²) in [7, 11) is 0. The fraction of sp³-hybridized carbons (Fsp3) is 0. The van der Waals surface area contributed by atoms with Gasteiger partial charge in [-0.15, -0.1) is 0 Å². The summed E-state index contributed by atoms with van der Waals surface area (Å²) in [5.41, 5.74) is 3.22. The number of rotatable bonds is 4. The second kappa shape index (κ2) is 5.54. The standard InChI is InChI=1S/C11H9N5O3/c17-11(10-6-12-7-13-10)15-14-5-8-1-3-9(4-2-8)16(18)19/h1-7H,(H,12,13)(H,15,17)/b14-5+. The molecule has 0 saturated carbocycles. The van der Waals surface area contributed by atoms with Gasteiger partial charge in [0.05, 0.1) is 23.7 Å².